The monoisotopic (exact) mass is 162 g/mol. The fourth-order valence-electron chi connectivity index (χ4n) is 0. The smallest absolute Gasteiger partial charge is 0 e. The van der Waals surface area contributed by atoms with E-state index in [1.807, 2.05) is 13.8 Å². The van der Waals surface area contributed by atoms with Crippen LogP contribution in [-0.4, -0.2) is 0 Å². The molecule has 2 N–H and O–H groups in total. The fourth-order valence-corrected chi connectivity index (χ4v) is 0. The van der Waals surface area contributed by atoms with E-state index in [0.29, 0.717) is 0 Å². The van der Waals surface area contributed by atoms with Gasteiger partial charge in [0.05, 0.1) is 0 Å². The minimum Gasteiger partial charge on any atom is -0.481 e. The van der Waals surface area contributed by atoms with Crippen molar-refractivity contribution in [3.05, 3.63) is 13.5 Å². The minimum atomic E-state index is 0. The molecule has 0 aromatic heterocycles. The van der Waals surface area contributed by atoms with Crippen molar-refractivity contribution in [2.75, 3.05) is 0 Å². The largest absolute Gasteiger partial charge is 0.481 e. The number of rotatable bonds is 0. The molecule has 0 amide bonds. The van der Waals surface area contributed by atoms with Gasteiger partial charge in [0.1, 0.15) is 0 Å². The summed E-state index contributed by atoms with van der Waals surface area (Å²) in [6.45, 7) is 3.72. The Morgan fingerprint density at radius 1 is 1.33 bits per heavy atom. The van der Waals surface area contributed by atoms with Gasteiger partial charge in [-0.25, -0.2) is 0 Å². The van der Waals surface area contributed by atoms with Crippen LogP contribution < -0.4 is 5.73 Å². The van der Waals surface area contributed by atoms with Gasteiger partial charge in [-0.1, -0.05) is 0 Å². The van der Waals surface area contributed by atoms with E-state index in [9.17, 15) is 0 Å². The van der Waals surface area contributed by atoms with Crippen molar-refractivity contribution in [1.29, 1.82) is 0 Å². The van der Waals surface area contributed by atoms with Gasteiger partial charge in [-0.3, -0.25) is 6.04 Å². The summed E-state index contributed by atoms with van der Waals surface area (Å²) in [5.41, 5.74) is 5.03. The average molecular weight is 162 g/mol. The molecule has 0 heterocycles. The SMILES string of the molecule is C[C-](C)N.[CH3-].[Y]. The third-order valence-electron chi connectivity index (χ3n) is 0. The predicted octanol–water partition coefficient (Wildman–Crippen LogP) is 0.965. The first-order valence-electron chi connectivity index (χ1n) is 1.29. The number of hydrogen-bond acceptors (Lipinski definition) is 1. The molecule has 6 heavy (non-hydrogen) atoms. The molecule has 0 rings (SSSR count). The summed E-state index contributed by atoms with van der Waals surface area (Å²) in [5, 5.41) is 0. The van der Waals surface area contributed by atoms with Gasteiger partial charge in [0, 0.05) is 32.7 Å². The maximum atomic E-state index is 5.03. The topological polar surface area (TPSA) is 26.0 Å². The van der Waals surface area contributed by atoms with E-state index in [-0.39, 0.29) is 40.1 Å². The van der Waals surface area contributed by atoms with E-state index in [1.54, 1.807) is 0 Å². The first-order chi connectivity index (χ1) is 1.73. The Morgan fingerprint density at radius 3 is 1.33 bits per heavy atom. The van der Waals surface area contributed by atoms with Crippen LogP contribution in [0.1, 0.15) is 13.8 Å². The molecule has 0 bridgehead atoms. The normalized spacial score (nSPS) is 6.00. The maximum absolute atomic E-state index is 5.03. The summed E-state index contributed by atoms with van der Waals surface area (Å²) in [6.07, 6.45) is 0. The zero-order valence-electron chi connectivity index (χ0n) is 4.65. The quantitative estimate of drug-likeness (QED) is 0.527. The van der Waals surface area contributed by atoms with Gasteiger partial charge in [-0.15, -0.1) is 0 Å². The molecule has 0 saturated carbocycles. The molecule has 0 atom stereocenters. The molecule has 2 heteroatoms. The Bertz CT molecular complexity index is 12.3. The standard InChI is InChI=1S/C3H8N.CH3.Y/c1-3(2)4;;/h4H2,1-2H3;1H3;/q2*-1;. The van der Waals surface area contributed by atoms with Gasteiger partial charge >= 0.3 is 0 Å². The summed E-state index contributed by atoms with van der Waals surface area (Å²) in [5.74, 6) is 0. The van der Waals surface area contributed by atoms with Crippen molar-refractivity contribution in [2.24, 2.45) is 5.73 Å². The third-order valence-corrected chi connectivity index (χ3v) is 0. The summed E-state index contributed by atoms with van der Waals surface area (Å²) >= 11 is 0. The molecular formula is C4H11NY-2. The second-order valence-electron chi connectivity index (χ2n) is 1.08. The van der Waals surface area contributed by atoms with Crippen LogP contribution in [-0.2, 0) is 32.7 Å². The van der Waals surface area contributed by atoms with Gasteiger partial charge in [-0.2, -0.15) is 13.8 Å². The third kappa shape index (κ3) is 73.9. The van der Waals surface area contributed by atoms with E-state index >= 15 is 0 Å². The minimum absolute atomic E-state index is 0. The van der Waals surface area contributed by atoms with Crippen LogP contribution in [0.2, 0.25) is 0 Å². The molecule has 1 radical (unpaired) electrons. The van der Waals surface area contributed by atoms with Gasteiger partial charge < -0.3 is 13.2 Å². The van der Waals surface area contributed by atoms with Crippen LogP contribution in [0.5, 0.6) is 0 Å². The molecule has 0 unspecified atom stereocenters. The average Bonchev–Trinajstić information content (AvgIpc) is 0.811. The fraction of sp³-hybridized carbons (Fsp3) is 0.500. The van der Waals surface area contributed by atoms with E-state index in [0.717, 1.165) is 6.04 Å². The Balaban J connectivity index is -0.0000000450. The van der Waals surface area contributed by atoms with Crippen molar-refractivity contribution in [3.63, 3.8) is 0 Å². The zero-order chi connectivity index (χ0) is 3.58. The number of nitrogens with two attached hydrogens (primary N) is 1. The molecular weight excluding hydrogens is 151 g/mol. The van der Waals surface area contributed by atoms with E-state index < -0.39 is 0 Å². The van der Waals surface area contributed by atoms with Crippen LogP contribution >= 0.6 is 0 Å². The molecule has 0 aromatic carbocycles. The Kier molecular flexibility index (Phi) is 24.7. The maximum Gasteiger partial charge on any atom is 0 e. The van der Waals surface area contributed by atoms with Crippen LogP contribution in [0.3, 0.4) is 0 Å². The molecule has 1 nitrogen and oxygen atoms in total. The van der Waals surface area contributed by atoms with Crippen molar-refractivity contribution >= 4 is 0 Å². The summed E-state index contributed by atoms with van der Waals surface area (Å²) in [4.78, 5) is 0. The molecule has 0 spiro atoms. The zero-order valence-corrected chi connectivity index (χ0v) is 7.49. The first-order valence-corrected chi connectivity index (χ1v) is 1.29. The van der Waals surface area contributed by atoms with E-state index in [4.69, 9.17) is 5.73 Å². The number of hydrogen-bond donors (Lipinski definition) is 1. The van der Waals surface area contributed by atoms with Crippen LogP contribution in [0.4, 0.5) is 0 Å². The van der Waals surface area contributed by atoms with Crippen LogP contribution in [0.25, 0.3) is 0 Å². The summed E-state index contributed by atoms with van der Waals surface area (Å²) in [7, 11) is 0. The Morgan fingerprint density at radius 2 is 1.33 bits per heavy atom. The molecule has 0 aliphatic heterocycles. The Labute approximate surface area is 65.6 Å². The van der Waals surface area contributed by atoms with Gasteiger partial charge in [0.25, 0.3) is 0 Å². The molecule has 0 fully saturated rings. The molecule has 0 aliphatic carbocycles. The summed E-state index contributed by atoms with van der Waals surface area (Å²) < 4.78 is 0. The van der Waals surface area contributed by atoms with Crippen LogP contribution in [0.15, 0.2) is 0 Å². The molecule has 0 aliphatic rings. The molecule has 37 valence electrons. The van der Waals surface area contributed by atoms with Crippen molar-refractivity contribution in [1.82, 2.24) is 0 Å². The predicted molar refractivity (Wildman–Crippen MR) is 25.2 cm³/mol. The van der Waals surface area contributed by atoms with Gasteiger partial charge in [0.15, 0.2) is 0 Å². The molecule has 0 saturated heterocycles. The van der Waals surface area contributed by atoms with Gasteiger partial charge in [-0.05, 0) is 0 Å². The van der Waals surface area contributed by atoms with E-state index in [2.05, 4.69) is 0 Å². The van der Waals surface area contributed by atoms with E-state index in [1.165, 1.54) is 0 Å². The van der Waals surface area contributed by atoms with Crippen molar-refractivity contribution in [2.45, 2.75) is 13.8 Å². The van der Waals surface area contributed by atoms with Crippen molar-refractivity contribution < 1.29 is 32.7 Å². The molecule has 0 aromatic rings. The van der Waals surface area contributed by atoms with Crippen LogP contribution in [0, 0.1) is 13.5 Å². The second kappa shape index (κ2) is 9.42. The second-order valence-corrected chi connectivity index (χ2v) is 1.08. The summed E-state index contributed by atoms with van der Waals surface area (Å²) in [6, 6.07) is 0.917. The van der Waals surface area contributed by atoms with Gasteiger partial charge in [0.2, 0.25) is 0 Å². The van der Waals surface area contributed by atoms with Crippen molar-refractivity contribution in [3.8, 4) is 0 Å². The Hall–Kier alpha value is 1.06. The first kappa shape index (κ1) is 15.7.